The first-order valence-corrected chi connectivity index (χ1v) is 8.75. The average molecular weight is 374 g/mol. The lowest BCUT2D eigenvalue weighted by Crippen LogP contribution is -2.10. The summed E-state index contributed by atoms with van der Waals surface area (Å²) in [6.45, 7) is 5.56. The van der Waals surface area contributed by atoms with E-state index in [1.54, 1.807) is 43.6 Å². The molecule has 0 bridgehead atoms. The van der Waals surface area contributed by atoms with Gasteiger partial charge in [-0.3, -0.25) is 4.98 Å². The Labute approximate surface area is 161 Å². The molecular formula is C21H18N4O3. The smallest absolute Gasteiger partial charge is 0.345 e. The lowest BCUT2D eigenvalue weighted by Gasteiger charge is -2.09. The fraction of sp³-hybridized carbons (Fsp3) is 0.143. The van der Waals surface area contributed by atoms with Crippen LogP contribution in [0.15, 0.2) is 59.4 Å². The molecule has 0 aliphatic rings. The number of aromatic nitrogens is 4. The minimum Gasteiger partial charge on any atom is -0.423 e. The van der Waals surface area contributed by atoms with E-state index in [1.807, 2.05) is 36.6 Å². The third-order valence-electron chi connectivity index (χ3n) is 4.41. The van der Waals surface area contributed by atoms with Crippen molar-refractivity contribution in [3.63, 3.8) is 0 Å². The predicted octanol–water partition coefficient (Wildman–Crippen LogP) is 4.07. The molecule has 0 radical (unpaired) electrons. The number of nitrogens with zero attached hydrogens (tertiary/aromatic N) is 4. The van der Waals surface area contributed by atoms with Crippen molar-refractivity contribution < 1.29 is 14.1 Å². The van der Waals surface area contributed by atoms with Gasteiger partial charge in [0.25, 0.3) is 0 Å². The quantitative estimate of drug-likeness (QED) is 0.396. The molecule has 0 fully saturated rings. The Morgan fingerprint density at radius 1 is 1.11 bits per heavy atom. The molecule has 0 aliphatic carbocycles. The molecule has 0 saturated carbocycles. The fourth-order valence-corrected chi connectivity index (χ4v) is 3.10. The van der Waals surface area contributed by atoms with E-state index in [4.69, 9.17) is 9.26 Å². The summed E-state index contributed by atoms with van der Waals surface area (Å²) < 4.78 is 12.5. The van der Waals surface area contributed by atoms with Crippen molar-refractivity contribution in [2.75, 3.05) is 0 Å². The van der Waals surface area contributed by atoms with Crippen LogP contribution in [0.5, 0.6) is 5.75 Å². The lowest BCUT2D eigenvalue weighted by atomic mass is 10.2. The van der Waals surface area contributed by atoms with Crippen LogP contribution in [0.2, 0.25) is 0 Å². The van der Waals surface area contributed by atoms with Crippen LogP contribution >= 0.6 is 0 Å². The van der Waals surface area contributed by atoms with Crippen molar-refractivity contribution in [2.45, 2.75) is 20.8 Å². The van der Waals surface area contributed by atoms with Crippen molar-refractivity contribution in [2.24, 2.45) is 0 Å². The molecule has 0 spiro atoms. The van der Waals surface area contributed by atoms with Gasteiger partial charge in [-0.15, -0.1) is 0 Å². The van der Waals surface area contributed by atoms with Crippen molar-refractivity contribution in [1.82, 2.24) is 19.7 Å². The summed E-state index contributed by atoms with van der Waals surface area (Å²) >= 11 is 0. The Morgan fingerprint density at radius 2 is 1.89 bits per heavy atom. The van der Waals surface area contributed by atoms with Gasteiger partial charge in [0.15, 0.2) is 0 Å². The second-order valence-electron chi connectivity index (χ2n) is 6.38. The van der Waals surface area contributed by atoms with Crippen LogP contribution in [0.1, 0.15) is 27.6 Å². The highest BCUT2D eigenvalue weighted by atomic mass is 16.5. The Morgan fingerprint density at radius 3 is 2.54 bits per heavy atom. The zero-order valence-electron chi connectivity index (χ0n) is 15.7. The largest absolute Gasteiger partial charge is 0.423 e. The van der Waals surface area contributed by atoms with Gasteiger partial charge >= 0.3 is 5.97 Å². The molecule has 0 amide bonds. The summed E-state index contributed by atoms with van der Waals surface area (Å²) in [5, 5.41) is 3.88. The molecule has 28 heavy (non-hydrogen) atoms. The molecule has 0 atom stereocenters. The predicted molar refractivity (Wildman–Crippen MR) is 102 cm³/mol. The molecule has 0 saturated heterocycles. The summed E-state index contributed by atoms with van der Waals surface area (Å²) in [4.78, 5) is 21.0. The second-order valence-corrected chi connectivity index (χ2v) is 6.38. The van der Waals surface area contributed by atoms with Crippen molar-refractivity contribution in [3.05, 3.63) is 77.7 Å². The molecule has 3 aromatic heterocycles. The van der Waals surface area contributed by atoms with E-state index in [2.05, 4.69) is 15.1 Å². The van der Waals surface area contributed by atoms with E-state index in [0.717, 1.165) is 22.6 Å². The lowest BCUT2D eigenvalue weighted by molar-refractivity contribution is 0.0734. The summed E-state index contributed by atoms with van der Waals surface area (Å²) in [6, 6.07) is 12.6. The summed E-state index contributed by atoms with van der Waals surface area (Å²) in [5.74, 6) is 1.02. The normalized spacial score (nSPS) is 10.8. The zero-order valence-corrected chi connectivity index (χ0v) is 15.7. The standard InChI is InChI=1S/C21H18N4O3/c1-13-11-19(14(2)25(13)17-5-4-10-22-12-17)21(26)27-18-8-6-16(7-9-18)20-23-15(3)28-24-20/h4-12H,1-3H3. The number of hydrogen-bond acceptors (Lipinski definition) is 6. The van der Waals surface area contributed by atoms with E-state index in [-0.39, 0.29) is 0 Å². The van der Waals surface area contributed by atoms with Crippen LogP contribution in [-0.4, -0.2) is 25.7 Å². The van der Waals surface area contributed by atoms with E-state index < -0.39 is 5.97 Å². The average Bonchev–Trinajstić information content (AvgIpc) is 3.26. The highest BCUT2D eigenvalue weighted by molar-refractivity contribution is 5.93. The first kappa shape index (κ1) is 17.7. The molecular weight excluding hydrogens is 356 g/mol. The molecule has 0 unspecified atom stereocenters. The summed E-state index contributed by atoms with van der Waals surface area (Å²) in [5.41, 5.74) is 3.93. The molecule has 140 valence electrons. The molecule has 7 heteroatoms. The zero-order chi connectivity index (χ0) is 19.7. The second kappa shape index (κ2) is 7.11. The van der Waals surface area contributed by atoms with Crippen LogP contribution in [0.4, 0.5) is 0 Å². The minimum atomic E-state index is -0.411. The number of benzene rings is 1. The van der Waals surface area contributed by atoms with Gasteiger partial charge in [0.1, 0.15) is 5.75 Å². The first-order valence-electron chi connectivity index (χ1n) is 8.75. The number of carbonyl (C=O) groups is 1. The van der Waals surface area contributed by atoms with Gasteiger partial charge in [0.05, 0.1) is 17.4 Å². The number of aryl methyl sites for hydroxylation is 2. The monoisotopic (exact) mass is 374 g/mol. The SMILES string of the molecule is Cc1nc(-c2ccc(OC(=O)c3cc(C)n(-c4cccnc4)c3C)cc2)no1. The number of pyridine rings is 1. The Hall–Kier alpha value is -3.74. The maximum atomic E-state index is 12.7. The van der Waals surface area contributed by atoms with Gasteiger partial charge in [-0.1, -0.05) is 5.16 Å². The Kier molecular flexibility index (Phi) is 4.49. The molecule has 4 aromatic rings. The van der Waals surface area contributed by atoms with Crippen LogP contribution in [0.25, 0.3) is 17.1 Å². The van der Waals surface area contributed by atoms with Gasteiger partial charge in [-0.2, -0.15) is 4.98 Å². The van der Waals surface area contributed by atoms with Gasteiger partial charge in [-0.25, -0.2) is 4.79 Å². The maximum absolute atomic E-state index is 12.7. The van der Waals surface area contributed by atoms with Crippen LogP contribution in [0, 0.1) is 20.8 Å². The number of rotatable bonds is 4. The number of ether oxygens (including phenoxy) is 1. The van der Waals surface area contributed by atoms with E-state index in [1.165, 1.54) is 0 Å². The highest BCUT2D eigenvalue weighted by Gasteiger charge is 2.19. The third kappa shape index (κ3) is 3.29. The molecule has 7 nitrogen and oxygen atoms in total. The number of hydrogen-bond donors (Lipinski definition) is 0. The maximum Gasteiger partial charge on any atom is 0.345 e. The number of carbonyl (C=O) groups excluding carboxylic acids is 1. The van der Waals surface area contributed by atoms with Crippen molar-refractivity contribution >= 4 is 5.97 Å². The fourth-order valence-electron chi connectivity index (χ4n) is 3.10. The van der Waals surface area contributed by atoms with Crippen LogP contribution in [0.3, 0.4) is 0 Å². The summed E-state index contributed by atoms with van der Waals surface area (Å²) in [7, 11) is 0. The molecule has 3 heterocycles. The van der Waals surface area contributed by atoms with Crippen molar-refractivity contribution in [1.29, 1.82) is 0 Å². The molecule has 1 aromatic carbocycles. The van der Waals surface area contributed by atoms with Gasteiger partial charge in [-0.05, 0) is 56.3 Å². The number of esters is 1. The Balaban J connectivity index is 1.56. The molecule has 4 rings (SSSR count). The van der Waals surface area contributed by atoms with Gasteiger partial charge in [0.2, 0.25) is 11.7 Å². The van der Waals surface area contributed by atoms with Crippen molar-refractivity contribution in [3.8, 4) is 22.8 Å². The van der Waals surface area contributed by atoms with E-state index in [9.17, 15) is 4.79 Å². The van der Waals surface area contributed by atoms with Crippen LogP contribution in [-0.2, 0) is 0 Å². The topological polar surface area (TPSA) is 83.0 Å². The Bertz CT molecular complexity index is 1130. The highest BCUT2D eigenvalue weighted by Crippen LogP contribution is 2.24. The van der Waals surface area contributed by atoms with E-state index in [0.29, 0.717) is 23.0 Å². The van der Waals surface area contributed by atoms with Gasteiger partial charge in [0, 0.05) is 30.1 Å². The van der Waals surface area contributed by atoms with E-state index >= 15 is 0 Å². The minimum absolute atomic E-state index is 0.411. The third-order valence-corrected chi connectivity index (χ3v) is 4.41. The molecule has 0 aliphatic heterocycles. The molecule has 0 N–H and O–H groups in total. The summed E-state index contributed by atoms with van der Waals surface area (Å²) in [6.07, 6.45) is 3.47. The van der Waals surface area contributed by atoms with Crippen LogP contribution < -0.4 is 4.74 Å². The first-order chi connectivity index (χ1) is 13.5. The van der Waals surface area contributed by atoms with Gasteiger partial charge < -0.3 is 13.8 Å².